The number of aryl methyl sites for hydroxylation is 1. The van der Waals surface area contributed by atoms with Gasteiger partial charge in [0.05, 0.1) is 12.2 Å². The summed E-state index contributed by atoms with van der Waals surface area (Å²) in [6.07, 6.45) is 1.68. The van der Waals surface area contributed by atoms with E-state index in [1.54, 1.807) is 41.9 Å². The van der Waals surface area contributed by atoms with Crippen LogP contribution in [0.3, 0.4) is 0 Å². The number of ether oxygens (including phenoxy) is 1. The lowest BCUT2D eigenvalue weighted by Gasteiger charge is -2.18. The largest absolute Gasteiger partial charge is 0.478 e. The molecule has 2 unspecified atom stereocenters. The first-order valence-corrected chi connectivity index (χ1v) is 14.0. The molecule has 0 saturated heterocycles. The number of hydrogen-bond donors (Lipinski definition) is 4. The summed E-state index contributed by atoms with van der Waals surface area (Å²) in [6.45, 7) is 6.30. The number of benzene rings is 2. The topological polar surface area (TPSA) is 143 Å². The first kappa shape index (κ1) is 31.6. The molecule has 0 aliphatic carbocycles. The van der Waals surface area contributed by atoms with E-state index in [1.807, 2.05) is 36.6 Å². The average Bonchev–Trinajstić information content (AvgIpc) is 3.25. The first-order chi connectivity index (χ1) is 19.6. The van der Waals surface area contributed by atoms with Crippen LogP contribution in [0.2, 0.25) is 5.15 Å². The monoisotopic (exact) mass is 584 g/mol. The van der Waals surface area contributed by atoms with Crippen molar-refractivity contribution in [3.63, 3.8) is 0 Å². The molecule has 1 aromatic heterocycles. The Hall–Kier alpha value is -3.89. The highest BCUT2D eigenvalue weighted by Gasteiger charge is 2.28. The van der Waals surface area contributed by atoms with Crippen LogP contribution in [0.4, 0.5) is 0 Å². The highest BCUT2D eigenvalue weighted by Crippen LogP contribution is 2.25. The van der Waals surface area contributed by atoms with E-state index in [0.29, 0.717) is 30.0 Å². The molecule has 0 spiro atoms. The molecule has 2 atom stereocenters. The lowest BCUT2D eigenvalue weighted by Crippen LogP contribution is -2.41. The minimum absolute atomic E-state index is 0.0443. The number of unbranched alkanes of at least 4 members (excludes halogenated alkanes) is 1. The smallest absolute Gasteiger partial charge is 0.349 e. The number of nitrogens with one attached hydrogen (secondary N) is 2. The van der Waals surface area contributed by atoms with Crippen molar-refractivity contribution in [3.05, 3.63) is 82.4 Å². The van der Waals surface area contributed by atoms with Crippen molar-refractivity contribution in [2.75, 3.05) is 0 Å². The molecule has 1 heterocycles. The average molecular weight is 585 g/mol. The van der Waals surface area contributed by atoms with Crippen molar-refractivity contribution >= 4 is 29.4 Å². The molecule has 41 heavy (non-hydrogen) atoms. The van der Waals surface area contributed by atoms with Gasteiger partial charge in [-0.05, 0) is 36.5 Å². The second-order valence-corrected chi connectivity index (χ2v) is 10.6. The zero-order valence-electron chi connectivity index (χ0n) is 23.5. The van der Waals surface area contributed by atoms with Gasteiger partial charge in [-0.15, -0.1) is 0 Å². The van der Waals surface area contributed by atoms with E-state index in [2.05, 4.69) is 17.2 Å². The molecule has 2 amide bonds. The summed E-state index contributed by atoms with van der Waals surface area (Å²) in [5.74, 6) is -2.19. The zero-order chi connectivity index (χ0) is 29.9. The predicted molar refractivity (Wildman–Crippen MR) is 154 cm³/mol. The van der Waals surface area contributed by atoms with Crippen LogP contribution >= 0.6 is 11.6 Å². The summed E-state index contributed by atoms with van der Waals surface area (Å²) in [6, 6.07) is 15.8. The van der Waals surface area contributed by atoms with Crippen LogP contribution in [-0.2, 0) is 33.9 Å². The molecule has 4 N–H and O–H groups in total. The van der Waals surface area contributed by atoms with Gasteiger partial charge >= 0.3 is 5.97 Å². The minimum Gasteiger partial charge on any atom is -0.478 e. The third-order valence-electron chi connectivity index (χ3n) is 6.58. The Morgan fingerprint density at radius 3 is 2.32 bits per heavy atom. The third-order valence-corrected chi connectivity index (χ3v) is 6.88. The maximum Gasteiger partial charge on any atom is 0.349 e. The number of halogens is 1. The van der Waals surface area contributed by atoms with Crippen molar-refractivity contribution in [2.24, 2.45) is 11.8 Å². The van der Waals surface area contributed by atoms with Crippen molar-refractivity contribution in [1.82, 2.24) is 20.3 Å². The third kappa shape index (κ3) is 8.80. The minimum atomic E-state index is -1.14. The molecule has 0 aliphatic rings. The van der Waals surface area contributed by atoms with Crippen LogP contribution in [0, 0.1) is 11.8 Å². The van der Waals surface area contributed by atoms with Gasteiger partial charge in [0, 0.05) is 18.5 Å². The highest BCUT2D eigenvalue weighted by molar-refractivity contribution is 6.30. The molecule has 3 aromatic rings. The number of imidazole rings is 1. The fourth-order valence-electron chi connectivity index (χ4n) is 4.44. The summed E-state index contributed by atoms with van der Waals surface area (Å²) >= 11 is 6.52. The molecular weight excluding hydrogens is 548 g/mol. The standard InChI is InChI=1S/C30H37ClN4O6/c1-4-5-11-25-33-27(31)24(17-32-28(36)23(16-19(2)3)29(37)34-40)35(25)18-20-12-14-22(15-13-20)41-26(30(38)39)21-9-7-6-8-10-21/h6-10,12-15,19,23,26,40H,4-5,11,16-18H2,1-3H3,(H,32,36)(H,34,37)(H,38,39). The molecule has 0 saturated carbocycles. The van der Waals surface area contributed by atoms with Crippen LogP contribution in [0.25, 0.3) is 0 Å². The summed E-state index contributed by atoms with van der Waals surface area (Å²) in [7, 11) is 0. The molecule has 0 radical (unpaired) electrons. The second kappa shape index (κ2) is 15.2. The number of rotatable bonds is 15. The van der Waals surface area contributed by atoms with Crippen LogP contribution in [-0.4, -0.2) is 37.6 Å². The fraction of sp³-hybridized carbons (Fsp3) is 0.400. The van der Waals surface area contributed by atoms with Gasteiger partial charge in [-0.1, -0.05) is 81.3 Å². The van der Waals surface area contributed by atoms with E-state index in [1.165, 1.54) is 0 Å². The summed E-state index contributed by atoms with van der Waals surface area (Å²) in [5.41, 5.74) is 3.60. The van der Waals surface area contributed by atoms with Crippen molar-refractivity contribution in [1.29, 1.82) is 0 Å². The predicted octanol–water partition coefficient (Wildman–Crippen LogP) is 4.92. The fourth-order valence-corrected chi connectivity index (χ4v) is 4.71. The maximum absolute atomic E-state index is 12.9. The number of carbonyl (C=O) groups excluding carboxylic acids is 2. The van der Waals surface area contributed by atoms with Gasteiger partial charge in [0.25, 0.3) is 5.91 Å². The number of nitrogens with zero attached hydrogens (tertiary/aromatic N) is 2. The lowest BCUT2D eigenvalue weighted by molar-refractivity contribution is -0.145. The number of hydroxylamine groups is 1. The van der Waals surface area contributed by atoms with Gasteiger partial charge in [-0.2, -0.15) is 0 Å². The van der Waals surface area contributed by atoms with Crippen LogP contribution in [0.5, 0.6) is 5.75 Å². The van der Waals surface area contributed by atoms with Gasteiger partial charge in [-0.25, -0.2) is 15.3 Å². The summed E-state index contributed by atoms with van der Waals surface area (Å²) in [4.78, 5) is 41.3. The Morgan fingerprint density at radius 2 is 1.73 bits per heavy atom. The van der Waals surface area contributed by atoms with E-state index < -0.39 is 29.8 Å². The molecule has 0 aliphatic heterocycles. The van der Waals surface area contributed by atoms with Gasteiger partial charge in [0.15, 0.2) is 5.15 Å². The first-order valence-electron chi connectivity index (χ1n) is 13.6. The van der Waals surface area contributed by atoms with E-state index in [4.69, 9.17) is 21.5 Å². The molecule has 2 aromatic carbocycles. The molecule has 11 heteroatoms. The maximum atomic E-state index is 12.9. The Bertz CT molecular complexity index is 1310. The lowest BCUT2D eigenvalue weighted by atomic mass is 9.95. The second-order valence-electron chi connectivity index (χ2n) is 10.2. The van der Waals surface area contributed by atoms with Crippen molar-refractivity contribution in [2.45, 2.75) is 65.6 Å². The Labute approximate surface area is 244 Å². The van der Waals surface area contributed by atoms with Crippen LogP contribution < -0.4 is 15.5 Å². The molecule has 10 nitrogen and oxygen atoms in total. The van der Waals surface area contributed by atoms with Gasteiger partial charge in [0.1, 0.15) is 17.5 Å². The number of carbonyl (C=O) groups is 3. The number of carboxylic acid groups (broad SMARTS) is 1. The normalized spacial score (nSPS) is 12.5. The quantitative estimate of drug-likeness (QED) is 0.113. The SMILES string of the molecule is CCCCc1nc(Cl)c(CNC(=O)C(CC(C)C)C(=O)NO)n1Cc1ccc(OC(C(=O)O)c2ccccc2)cc1. The van der Waals surface area contributed by atoms with Crippen LogP contribution in [0.1, 0.15) is 68.8 Å². The molecule has 3 rings (SSSR count). The summed E-state index contributed by atoms with van der Waals surface area (Å²) in [5, 5.41) is 21.8. The number of carboxylic acids is 1. The zero-order valence-corrected chi connectivity index (χ0v) is 24.2. The Kier molecular flexibility index (Phi) is 11.7. The number of aliphatic carboxylic acids is 1. The van der Waals surface area contributed by atoms with E-state index >= 15 is 0 Å². The van der Waals surface area contributed by atoms with Gasteiger partial charge in [-0.3, -0.25) is 14.8 Å². The van der Waals surface area contributed by atoms with Gasteiger partial charge in [0.2, 0.25) is 12.0 Å². The number of aromatic nitrogens is 2. The van der Waals surface area contributed by atoms with E-state index in [-0.39, 0.29) is 24.0 Å². The molecule has 0 fully saturated rings. The highest BCUT2D eigenvalue weighted by atomic mass is 35.5. The van der Waals surface area contributed by atoms with E-state index in [9.17, 15) is 19.5 Å². The van der Waals surface area contributed by atoms with Crippen LogP contribution in [0.15, 0.2) is 54.6 Å². The number of amides is 2. The Balaban J connectivity index is 1.80. The molecule has 220 valence electrons. The number of hydrogen-bond acceptors (Lipinski definition) is 6. The Morgan fingerprint density at radius 1 is 1.05 bits per heavy atom. The van der Waals surface area contributed by atoms with E-state index in [0.717, 1.165) is 24.2 Å². The van der Waals surface area contributed by atoms with Crippen molar-refractivity contribution in [3.8, 4) is 5.75 Å². The molecular formula is C30H37ClN4O6. The van der Waals surface area contributed by atoms with Gasteiger partial charge < -0.3 is 19.7 Å². The van der Waals surface area contributed by atoms with Crippen molar-refractivity contribution < 1.29 is 29.4 Å². The molecule has 0 bridgehead atoms. The summed E-state index contributed by atoms with van der Waals surface area (Å²) < 4.78 is 7.72.